The molecule has 8 nitrogen and oxygen atoms in total. The van der Waals surface area contributed by atoms with Gasteiger partial charge in [-0.05, 0) is 38.0 Å². The maximum Gasteiger partial charge on any atom is 0.327 e. The van der Waals surface area contributed by atoms with Gasteiger partial charge in [0.1, 0.15) is 11.9 Å². The van der Waals surface area contributed by atoms with Crippen molar-refractivity contribution in [3.8, 4) is 0 Å². The first-order chi connectivity index (χ1) is 13.7. The third-order valence-electron chi connectivity index (χ3n) is 5.34. The first-order valence-electron chi connectivity index (χ1n) is 9.60. The molecule has 1 aromatic rings. The summed E-state index contributed by atoms with van der Waals surface area (Å²) in [4.78, 5) is 53.5. The average Bonchev–Trinajstić information content (AvgIpc) is 3.08. The Labute approximate surface area is 167 Å². The van der Waals surface area contributed by atoms with Gasteiger partial charge >= 0.3 is 12.0 Å². The summed E-state index contributed by atoms with van der Waals surface area (Å²) in [5.41, 5.74) is 0.589. The second kappa shape index (κ2) is 8.18. The quantitative estimate of drug-likeness (QED) is 0.779. The topological polar surface area (TPSA) is 98.2 Å². The van der Waals surface area contributed by atoms with Gasteiger partial charge in [-0.2, -0.15) is 0 Å². The SMILES string of the molecule is CC(C)N1C(=O)[C@H]2[C@@H](CCN2C(=O)CCC(=O)O)N(Cc2cccc(F)c2)C1=O. The van der Waals surface area contributed by atoms with Crippen LogP contribution in [0.5, 0.6) is 0 Å². The molecule has 0 radical (unpaired) electrons. The molecule has 0 aromatic heterocycles. The van der Waals surface area contributed by atoms with E-state index < -0.39 is 47.8 Å². The minimum absolute atomic E-state index is 0.116. The number of carbonyl (C=O) groups is 4. The predicted octanol–water partition coefficient (Wildman–Crippen LogP) is 1.83. The first-order valence-corrected chi connectivity index (χ1v) is 9.60. The van der Waals surface area contributed by atoms with Crippen molar-refractivity contribution in [2.24, 2.45) is 0 Å². The van der Waals surface area contributed by atoms with Crippen LogP contribution in [0.1, 0.15) is 38.7 Å². The van der Waals surface area contributed by atoms with Gasteiger partial charge in [-0.15, -0.1) is 0 Å². The van der Waals surface area contributed by atoms with E-state index in [2.05, 4.69) is 0 Å². The van der Waals surface area contributed by atoms with Crippen LogP contribution < -0.4 is 0 Å². The zero-order chi connectivity index (χ0) is 21.3. The molecule has 4 amide bonds. The molecule has 2 aliphatic heterocycles. The number of hydrogen-bond acceptors (Lipinski definition) is 4. The number of urea groups is 1. The van der Waals surface area contributed by atoms with E-state index in [4.69, 9.17) is 5.11 Å². The Balaban J connectivity index is 1.90. The second-order valence-corrected chi connectivity index (χ2v) is 7.62. The molecule has 2 aliphatic rings. The highest BCUT2D eigenvalue weighted by Gasteiger charge is 2.53. The van der Waals surface area contributed by atoms with Gasteiger partial charge in [0.15, 0.2) is 0 Å². The van der Waals surface area contributed by atoms with E-state index >= 15 is 0 Å². The van der Waals surface area contributed by atoms with E-state index in [-0.39, 0.29) is 25.9 Å². The first kappa shape index (κ1) is 20.8. The van der Waals surface area contributed by atoms with Gasteiger partial charge in [0.05, 0.1) is 12.5 Å². The van der Waals surface area contributed by atoms with Crippen molar-refractivity contribution in [1.29, 1.82) is 0 Å². The second-order valence-electron chi connectivity index (χ2n) is 7.62. The number of likely N-dealkylation sites (tertiary alicyclic amines) is 1. The summed E-state index contributed by atoms with van der Waals surface area (Å²) in [6, 6.07) is 3.64. The van der Waals surface area contributed by atoms with E-state index in [9.17, 15) is 23.6 Å². The van der Waals surface area contributed by atoms with E-state index in [1.807, 2.05) is 0 Å². The Kier molecular flexibility index (Phi) is 5.86. The van der Waals surface area contributed by atoms with Gasteiger partial charge in [-0.25, -0.2) is 9.18 Å². The number of carboxylic acids is 1. The standard InChI is InChI=1S/C20H24FN3O5/c1-12(2)24-19(28)18-15(8-9-22(18)16(25)6-7-17(26)27)23(20(24)29)11-13-4-3-5-14(21)10-13/h3-5,10,12,15,18H,6-9,11H2,1-2H3,(H,26,27)/t15-,18-/m1/s1. The minimum Gasteiger partial charge on any atom is -0.481 e. The molecule has 1 aromatic carbocycles. The van der Waals surface area contributed by atoms with Gasteiger partial charge in [0, 0.05) is 25.6 Å². The number of nitrogens with zero attached hydrogens (tertiary/aromatic N) is 3. The fourth-order valence-electron chi connectivity index (χ4n) is 4.05. The maximum atomic E-state index is 13.6. The lowest BCUT2D eigenvalue weighted by molar-refractivity contribution is -0.148. The normalized spacial score (nSPS) is 21.7. The molecule has 0 saturated carbocycles. The summed E-state index contributed by atoms with van der Waals surface area (Å²) in [7, 11) is 0. The number of halogens is 1. The summed E-state index contributed by atoms with van der Waals surface area (Å²) in [5, 5.41) is 8.84. The molecule has 2 saturated heterocycles. The summed E-state index contributed by atoms with van der Waals surface area (Å²) < 4.78 is 13.6. The molecule has 1 N–H and O–H groups in total. The average molecular weight is 405 g/mol. The van der Waals surface area contributed by atoms with Gasteiger partial charge in [0.2, 0.25) is 5.91 Å². The molecular weight excluding hydrogens is 381 g/mol. The number of rotatable bonds is 6. The molecule has 29 heavy (non-hydrogen) atoms. The van der Waals surface area contributed by atoms with E-state index in [0.29, 0.717) is 12.0 Å². The van der Waals surface area contributed by atoms with Crippen molar-refractivity contribution >= 4 is 23.8 Å². The number of carboxylic acid groups (broad SMARTS) is 1. The van der Waals surface area contributed by atoms with Gasteiger partial charge in [-0.1, -0.05) is 12.1 Å². The zero-order valence-electron chi connectivity index (χ0n) is 16.4. The van der Waals surface area contributed by atoms with Crippen LogP contribution in [0, 0.1) is 5.82 Å². The molecular formula is C20H24FN3O5. The summed E-state index contributed by atoms with van der Waals surface area (Å²) in [5.74, 6) is -2.38. The fourth-order valence-corrected chi connectivity index (χ4v) is 4.05. The Morgan fingerprint density at radius 3 is 2.59 bits per heavy atom. The summed E-state index contributed by atoms with van der Waals surface area (Å²) in [6.07, 6.45) is -0.117. The van der Waals surface area contributed by atoms with Crippen LogP contribution in [0.25, 0.3) is 0 Å². The Morgan fingerprint density at radius 2 is 1.97 bits per heavy atom. The lowest BCUT2D eigenvalue weighted by Gasteiger charge is -2.45. The minimum atomic E-state index is -1.09. The number of amides is 4. The predicted molar refractivity (Wildman–Crippen MR) is 100 cm³/mol. The van der Waals surface area contributed by atoms with Crippen LogP contribution in [0.2, 0.25) is 0 Å². The number of carbonyl (C=O) groups excluding carboxylic acids is 3. The number of fused-ring (bicyclic) bond motifs is 1. The van der Waals surface area contributed by atoms with Crippen LogP contribution >= 0.6 is 0 Å². The Hall–Kier alpha value is -2.97. The molecule has 0 bridgehead atoms. The molecule has 0 aliphatic carbocycles. The molecule has 0 unspecified atom stereocenters. The third kappa shape index (κ3) is 4.08. The zero-order valence-corrected chi connectivity index (χ0v) is 16.4. The van der Waals surface area contributed by atoms with Crippen molar-refractivity contribution in [1.82, 2.24) is 14.7 Å². The highest BCUT2D eigenvalue weighted by Crippen LogP contribution is 2.33. The van der Waals surface area contributed by atoms with Crippen LogP contribution in [0.15, 0.2) is 24.3 Å². The molecule has 0 spiro atoms. The van der Waals surface area contributed by atoms with Crippen LogP contribution in [-0.4, -0.2) is 68.3 Å². The number of benzene rings is 1. The molecule has 9 heteroatoms. The van der Waals surface area contributed by atoms with Crippen LogP contribution in [0.4, 0.5) is 9.18 Å². The van der Waals surface area contributed by atoms with Gasteiger partial charge in [-0.3, -0.25) is 19.3 Å². The molecule has 156 valence electrons. The van der Waals surface area contributed by atoms with E-state index in [1.54, 1.807) is 26.0 Å². The Morgan fingerprint density at radius 1 is 1.24 bits per heavy atom. The van der Waals surface area contributed by atoms with E-state index in [0.717, 1.165) is 4.90 Å². The largest absolute Gasteiger partial charge is 0.481 e. The summed E-state index contributed by atoms with van der Waals surface area (Å²) >= 11 is 0. The fraction of sp³-hybridized carbons (Fsp3) is 0.500. The molecule has 2 atom stereocenters. The van der Waals surface area contributed by atoms with Crippen molar-refractivity contribution < 1.29 is 28.7 Å². The Bertz CT molecular complexity index is 843. The molecule has 2 fully saturated rings. The number of hydrogen-bond donors (Lipinski definition) is 1. The number of aliphatic carboxylic acids is 1. The summed E-state index contributed by atoms with van der Waals surface area (Å²) in [6.45, 7) is 3.80. The lowest BCUT2D eigenvalue weighted by Crippen LogP contribution is -2.66. The van der Waals surface area contributed by atoms with Crippen molar-refractivity contribution in [2.75, 3.05) is 6.54 Å². The van der Waals surface area contributed by atoms with Gasteiger partial charge < -0.3 is 14.9 Å². The van der Waals surface area contributed by atoms with Crippen LogP contribution in [-0.2, 0) is 20.9 Å². The third-order valence-corrected chi connectivity index (χ3v) is 5.34. The highest BCUT2D eigenvalue weighted by atomic mass is 19.1. The smallest absolute Gasteiger partial charge is 0.327 e. The number of imide groups is 1. The van der Waals surface area contributed by atoms with Crippen molar-refractivity contribution in [3.63, 3.8) is 0 Å². The maximum absolute atomic E-state index is 13.6. The van der Waals surface area contributed by atoms with Crippen molar-refractivity contribution in [2.45, 2.75) is 57.8 Å². The van der Waals surface area contributed by atoms with Gasteiger partial charge in [0.25, 0.3) is 5.91 Å². The molecule has 3 rings (SSSR count). The highest BCUT2D eigenvalue weighted by molar-refractivity contribution is 6.02. The lowest BCUT2D eigenvalue weighted by atomic mass is 10.0. The van der Waals surface area contributed by atoms with Crippen LogP contribution in [0.3, 0.4) is 0 Å². The van der Waals surface area contributed by atoms with Crippen molar-refractivity contribution in [3.05, 3.63) is 35.6 Å². The monoisotopic (exact) mass is 405 g/mol. The van der Waals surface area contributed by atoms with E-state index in [1.165, 1.54) is 21.9 Å². The molecule has 2 heterocycles.